The van der Waals surface area contributed by atoms with Gasteiger partial charge in [0.15, 0.2) is 0 Å². The summed E-state index contributed by atoms with van der Waals surface area (Å²) >= 11 is 6.02. The topological polar surface area (TPSA) is 71.1 Å². The molecule has 1 aromatic heterocycles. The van der Waals surface area contributed by atoms with Crippen molar-refractivity contribution in [3.05, 3.63) is 64.4 Å². The van der Waals surface area contributed by atoms with Gasteiger partial charge in [-0.1, -0.05) is 17.7 Å². The van der Waals surface area contributed by atoms with Gasteiger partial charge in [-0.2, -0.15) is 0 Å². The summed E-state index contributed by atoms with van der Waals surface area (Å²) in [5, 5.41) is 7.07. The number of hydrogen-bond donors (Lipinski definition) is 2. The second kappa shape index (κ2) is 7.21. The summed E-state index contributed by atoms with van der Waals surface area (Å²) in [7, 11) is 0. The van der Waals surface area contributed by atoms with Crippen molar-refractivity contribution in [3.8, 4) is 0 Å². The third kappa shape index (κ3) is 3.76. The highest BCUT2D eigenvalue weighted by atomic mass is 35.5. The molecule has 2 unspecified atom stereocenters. The summed E-state index contributed by atoms with van der Waals surface area (Å²) in [6.45, 7) is 1.93. The monoisotopic (exact) mass is 397 g/mol. The number of pyridine rings is 1. The van der Waals surface area contributed by atoms with Gasteiger partial charge in [0, 0.05) is 34.1 Å². The van der Waals surface area contributed by atoms with E-state index in [9.17, 15) is 9.59 Å². The summed E-state index contributed by atoms with van der Waals surface area (Å²) in [5.74, 6) is -0.190. The predicted molar refractivity (Wildman–Crippen MR) is 109 cm³/mol. The van der Waals surface area contributed by atoms with Crippen LogP contribution in [0.25, 0.3) is 0 Å². The Morgan fingerprint density at radius 2 is 1.64 bits per heavy atom. The first-order valence-electron chi connectivity index (χ1n) is 9.71. The van der Waals surface area contributed by atoms with Crippen molar-refractivity contribution in [2.75, 3.05) is 0 Å². The van der Waals surface area contributed by atoms with E-state index in [2.05, 4.69) is 15.6 Å². The number of halogens is 1. The Labute approximate surface area is 169 Å². The Morgan fingerprint density at radius 3 is 2.29 bits per heavy atom. The molecular formula is C22H24ClN3O2. The lowest BCUT2D eigenvalue weighted by molar-refractivity contribution is 0.0832. The van der Waals surface area contributed by atoms with Crippen molar-refractivity contribution >= 4 is 23.4 Å². The zero-order chi connectivity index (χ0) is 19.8. The molecule has 2 aliphatic rings. The minimum atomic E-state index is -0.268. The molecule has 6 heteroatoms. The van der Waals surface area contributed by atoms with Crippen molar-refractivity contribution in [3.63, 3.8) is 0 Å². The first-order chi connectivity index (χ1) is 13.4. The van der Waals surface area contributed by atoms with Crippen LogP contribution in [0.2, 0.25) is 5.02 Å². The second-order valence-electron chi connectivity index (χ2n) is 8.26. The van der Waals surface area contributed by atoms with Crippen molar-refractivity contribution in [1.29, 1.82) is 0 Å². The zero-order valence-electron chi connectivity index (χ0n) is 15.9. The fraction of sp³-hybridized carbons (Fsp3) is 0.409. The second-order valence-corrected chi connectivity index (χ2v) is 8.70. The SMILES string of the molecule is Cc1cncc(C(=O)NC23CCCC(NC(=O)c4cccc(Cl)c4)(CC2)C3)c1. The molecule has 2 N–H and O–H groups in total. The van der Waals surface area contributed by atoms with Crippen LogP contribution in [0.1, 0.15) is 64.8 Å². The van der Waals surface area contributed by atoms with Gasteiger partial charge in [-0.25, -0.2) is 0 Å². The molecule has 2 bridgehead atoms. The van der Waals surface area contributed by atoms with E-state index in [1.165, 1.54) is 0 Å². The Hall–Kier alpha value is -2.40. The normalized spacial score (nSPS) is 25.9. The van der Waals surface area contributed by atoms with Crippen LogP contribution in [0, 0.1) is 6.92 Å². The van der Waals surface area contributed by atoms with Gasteiger partial charge in [0.1, 0.15) is 0 Å². The largest absolute Gasteiger partial charge is 0.347 e. The summed E-state index contributed by atoms with van der Waals surface area (Å²) < 4.78 is 0. The third-order valence-electron chi connectivity index (χ3n) is 6.05. The Bertz CT molecular complexity index is 858. The molecule has 2 amide bonds. The molecule has 4 rings (SSSR count). The lowest BCUT2D eigenvalue weighted by atomic mass is 9.78. The standard InChI is InChI=1S/C22H24ClN3O2/c1-15-10-17(13-24-12-15)20(28)26-22-7-3-6-21(14-22,8-9-22)25-19(27)16-4-2-5-18(23)11-16/h2,4-5,10-13H,3,6-9,14H2,1H3,(H,25,27)(H,26,28). The maximum atomic E-state index is 12.8. The van der Waals surface area contributed by atoms with Crippen LogP contribution >= 0.6 is 11.6 Å². The number of carbonyl (C=O) groups excluding carboxylic acids is 2. The van der Waals surface area contributed by atoms with Crippen LogP contribution < -0.4 is 10.6 Å². The summed E-state index contributed by atoms with van der Waals surface area (Å²) in [4.78, 5) is 29.7. The molecule has 0 spiro atoms. The van der Waals surface area contributed by atoms with Gasteiger partial charge in [0.2, 0.25) is 0 Å². The van der Waals surface area contributed by atoms with Crippen LogP contribution in [0.15, 0.2) is 42.7 Å². The number of rotatable bonds is 4. The van der Waals surface area contributed by atoms with Gasteiger partial charge in [0.05, 0.1) is 5.56 Å². The molecule has 5 nitrogen and oxygen atoms in total. The van der Waals surface area contributed by atoms with Gasteiger partial charge in [-0.3, -0.25) is 14.6 Å². The lowest BCUT2D eigenvalue weighted by Crippen LogP contribution is -2.55. The van der Waals surface area contributed by atoms with Gasteiger partial charge in [0.25, 0.3) is 11.8 Å². The molecule has 2 aromatic rings. The van der Waals surface area contributed by atoms with Crippen molar-refractivity contribution in [1.82, 2.24) is 15.6 Å². The molecule has 1 aromatic carbocycles. The van der Waals surface area contributed by atoms with Crippen molar-refractivity contribution in [2.24, 2.45) is 0 Å². The van der Waals surface area contributed by atoms with Gasteiger partial charge < -0.3 is 10.6 Å². The number of nitrogens with one attached hydrogen (secondary N) is 2. The molecule has 1 heterocycles. The first kappa shape index (κ1) is 18.9. The maximum Gasteiger partial charge on any atom is 0.253 e. The fourth-order valence-electron chi connectivity index (χ4n) is 4.77. The molecule has 0 radical (unpaired) electrons. The molecular weight excluding hydrogens is 374 g/mol. The molecule has 2 fully saturated rings. The van der Waals surface area contributed by atoms with E-state index in [-0.39, 0.29) is 22.9 Å². The van der Waals surface area contributed by atoms with Crippen LogP contribution in [0.4, 0.5) is 0 Å². The summed E-state index contributed by atoms with van der Waals surface area (Å²) in [6, 6.07) is 8.85. The van der Waals surface area contributed by atoms with Crippen LogP contribution in [-0.2, 0) is 0 Å². The molecule has 0 aliphatic heterocycles. The quantitative estimate of drug-likeness (QED) is 0.817. The predicted octanol–water partition coefficient (Wildman–Crippen LogP) is 4.05. The third-order valence-corrected chi connectivity index (χ3v) is 6.29. The lowest BCUT2D eigenvalue weighted by Gasteiger charge is -2.40. The van der Waals surface area contributed by atoms with Crippen LogP contribution in [-0.4, -0.2) is 27.9 Å². The van der Waals surface area contributed by atoms with E-state index >= 15 is 0 Å². The summed E-state index contributed by atoms with van der Waals surface area (Å²) in [5.41, 5.74) is 1.58. The molecule has 146 valence electrons. The highest BCUT2D eigenvalue weighted by Gasteiger charge is 2.52. The minimum Gasteiger partial charge on any atom is -0.347 e. The Balaban J connectivity index is 1.48. The first-order valence-corrected chi connectivity index (χ1v) is 10.1. The van der Waals surface area contributed by atoms with Crippen molar-refractivity contribution < 1.29 is 9.59 Å². The Morgan fingerprint density at radius 1 is 0.964 bits per heavy atom. The van der Waals surface area contributed by atoms with Crippen molar-refractivity contribution in [2.45, 2.75) is 56.5 Å². The smallest absolute Gasteiger partial charge is 0.253 e. The molecule has 2 aliphatic carbocycles. The molecule has 2 atom stereocenters. The van der Waals surface area contributed by atoms with E-state index in [0.717, 1.165) is 44.1 Å². The highest BCUT2D eigenvalue weighted by Crippen LogP contribution is 2.48. The fourth-order valence-corrected chi connectivity index (χ4v) is 4.96. The average Bonchev–Trinajstić information content (AvgIpc) is 2.91. The number of fused-ring (bicyclic) bond motifs is 2. The van der Waals surface area contributed by atoms with E-state index in [4.69, 9.17) is 11.6 Å². The maximum absolute atomic E-state index is 12.8. The van der Waals surface area contributed by atoms with Gasteiger partial charge >= 0.3 is 0 Å². The minimum absolute atomic E-state index is 0.0879. The molecule has 28 heavy (non-hydrogen) atoms. The number of carbonyl (C=O) groups is 2. The number of amides is 2. The van der Waals surface area contributed by atoms with E-state index in [1.54, 1.807) is 36.7 Å². The molecule has 0 saturated heterocycles. The van der Waals surface area contributed by atoms with E-state index < -0.39 is 0 Å². The van der Waals surface area contributed by atoms with E-state index in [0.29, 0.717) is 16.1 Å². The van der Waals surface area contributed by atoms with E-state index in [1.807, 2.05) is 13.0 Å². The van der Waals surface area contributed by atoms with Crippen LogP contribution in [0.5, 0.6) is 0 Å². The average molecular weight is 398 g/mol. The van der Waals surface area contributed by atoms with Crippen LogP contribution in [0.3, 0.4) is 0 Å². The zero-order valence-corrected chi connectivity index (χ0v) is 16.7. The van der Waals surface area contributed by atoms with Gasteiger partial charge in [-0.15, -0.1) is 0 Å². The number of aryl methyl sites for hydroxylation is 1. The van der Waals surface area contributed by atoms with Gasteiger partial charge in [-0.05, 0) is 75.3 Å². The highest BCUT2D eigenvalue weighted by molar-refractivity contribution is 6.30. The number of hydrogen-bond acceptors (Lipinski definition) is 3. The number of nitrogens with zero attached hydrogens (tertiary/aromatic N) is 1. The summed E-state index contributed by atoms with van der Waals surface area (Å²) in [6.07, 6.45) is 8.68. The number of benzene rings is 1. The molecule has 2 saturated carbocycles. The Kier molecular flexibility index (Phi) is 4.88. The number of aromatic nitrogens is 1.